The second-order valence-corrected chi connectivity index (χ2v) is 4.83. The fourth-order valence-corrected chi connectivity index (χ4v) is 2.85. The predicted octanol–water partition coefficient (Wildman–Crippen LogP) is 2.13. The minimum atomic E-state index is -1.01. The van der Waals surface area contributed by atoms with Gasteiger partial charge in [0.2, 0.25) is 11.6 Å². The van der Waals surface area contributed by atoms with Crippen molar-refractivity contribution in [1.82, 2.24) is 5.32 Å². The Labute approximate surface area is 114 Å². The summed E-state index contributed by atoms with van der Waals surface area (Å²) < 4.78 is 10.8. The monoisotopic (exact) mass is 311 g/mol. The summed E-state index contributed by atoms with van der Waals surface area (Å²) in [5.74, 6) is 0.231. The molecule has 1 aromatic carbocycles. The molecule has 0 spiro atoms. The zero-order chi connectivity index (χ0) is 13.2. The second kappa shape index (κ2) is 5.12. The lowest BCUT2D eigenvalue weighted by molar-refractivity contribution is -0.122. The van der Waals surface area contributed by atoms with E-state index < -0.39 is 5.72 Å². The summed E-state index contributed by atoms with van der Waals surface area (Å²) in [7, 11) is 3.06. The van der Waals surface area contributed by atoms with E-state index in [1.54, 1.807) is 0 Å². The van der Waals surface area contributed by atoms with E-state index in [4.69, 9.17) is 9.47 Å². The Kier molecular flexibility index (Phi) is 3.73. The van der Waals surface area contributed by atoms with Crippen molar-refractivity contribution in [2.75, 3.05) is 14.2 Å². The average molecular weight is 312 g/mol. The molecule has 1 amide bonds. The molecule has 1 aliphatic heterocycles. The Bertz CT molecular complexity index is 474. The third-order valence-electron chi connectivity index (χ3n) is 2.93. The topological polar surface area (TPSA) is 47.6 Å². The number of alkyl halides is 1. The number of carbonyl (C=O) groups excluding carboxylic acids is 1. The Morgan fingerprint density at radius 2 is 1.94 bits per heavy atom. The molecule has 5 heteroatoms. The molecular weight excluding hydrogens is 298 g/mol. The summed E-state index contributed by atoms with van der Waals surface area (Å²) in [6.07, 6.45) is 1.40. The first-order valence-electron chi connectivity index (χ1n) is 5.46. The number of methoxy groups -OCH3 is 2. The molecule has 1 aromatic rings. The van der Waals surface area contributed by atoms with Gasteiger partial charge in [0.1, 0.15) is 0 Å². The Balaban J connectivity index is 2.40. The number of benzene rings is 1. The van der Waals surface area contributed by atoms with Crippen molar-refractivity contribution in [2.45, 2.75) is 10.6 Å². The first kappa shape index (κ1) is 13.1. The van der Waals surface area contributed by atoms with Gasteiger partial charge in [0, 0.05) is 13.2 Å². The summed E-state index contributed by atoms with van der Waals surface area (Å²) in [6.45, 7) is 0. The molecule has 0 saturated heterocycles. The third-order valence-corrected chi connectivity index (χ3v) is 4.10. The molecule has 0 fully saturated rings. The van der Waals surface area contributed by atoms with Gasteiger partial charge in [-0.2, -0.15) is 0 Å². The number of halogens is 1. The van der Waals surface area contributed by atoms with Crippen LogP contribution in [0.15, 0.2) is 42.2 Å². The first-order valence-corrected chi connectivity index (χ1v) is 6.38. The zero-order valence-electron chi connectivity index (χ0n) is 10.1. The Hall–Kier alpha value is -1.33. The van der Waals surface area contributed by atoms with Gasteiger partial charge in [-0.15, -0.1) is 0 Å². The van der Waals surface area contributed by atoms with Crippen LogP contribution in [-0.4, -0.2) is 25.9 Å². The van der Waals surface area contributed by atoms with Crippen LogP contribution in [0.4, 0.5) is 0 Å². The summed E-state index contributed by atoms with van der Waals surface area (Å²) in [6, 6.07) is 9.71. The van der Waals surface area contributed by atoms with Gasteiger partial charge in [-0.1, -0.05) is 46.3 Å². The van der Waals surface area contributed by atoms with Crippen molar-refractivity contribution >= 4 is 21.8 Å². The van der Waals surface area contributed by atoms with E-state index in [-0.39, 0.29) is 10.7 Å². The molecule has 1 aliphatic rings. The van der Waals surface area contributed by atoms with Crippen LogP contribution in [0.1, 0.15) is 10.4 Å². The van der Waals surface area contributed by atoms with Crippen LogP contribution in [0.5, 0.6) is 0 Å². The average Bonchev–Trinajstić information content (AvgIpc) is 2.76. The van der Waals surface area contributed by atoms with Gasteiger partial charge in [-0.25, -0.2) is 0 Å². The van der Waals surface area contributed by atoms with Crippen LogP contribution in [0.2, 0.25) is 0 Å². The van der Waals surface area contributed by atoms with Gasteiger partial charge < -0.3 is 14.8 Å². The van der Waals surface area contributed by atoms with E-state index in [0.29, 0.717) is 5.76 Å². The van der Waals surface area contributed by atoms with Crippen LogP contribution in [0.25, 0.3) is 0 Å². The molecule has 0 saturated carbocycles. The number of hydrogen-bond acceptors (Lipinski definition) is 3. The number of carbonyl (C=O) groups is 1. The fraction of sp³-hybridized carbons (Fsp3) is 0.308. The summed E-state index contributed by atoms with van der Waals surface area (Å²) >= 11 is 3.58. The summed E-state index contributed by atoms with van der Waals surface area (Å²) in [5, 5.41) is 2.79. The molecule has 1 unspecified atom stereocenters. The molecule has 0 radical (unpaired) electrons. The third kappa shape index (κ3) is 2.04. The molecule has 18 heavy (non-hydrogen) atoms. The molecule has 1 N–H and O–H groups in total. The minimum Gasteiger partial charge on any atom is -0.496 e. The van der Waals surface area contributed by atoms with Crippen LogP contribution in [0, 0.1) is 0 Å². The smallest absolute Gasteiger partial charge is 0.250 e. The lowest BCUT2D eigenvalue weighted by Gasteiger charge is -2.34. The van der Waals surface area contributed by atoms with Crippen molar-refractivity contribution in [1.29, 1.82) is 0 Å². The van der Waals surface area contributed by atoms with Gasteiger partial charge in [-0.05, 0) is 5.56 Å². The van der Waals surface area contributed by atoms with Crippen molar-refractivity contribution < 1.29 is 14.3 Å². The zero-order valence-corrected chi connectivity index (χ0v) is 11.7. The van der Waals surface area contributed by atoms with Crippen LogP contribution >= 0.6 is 15.9 Å². The number of hydrogen-bond donors (Lipinski definition) is 1. The second-order valence-electron chi connectivity index (χ2n) is 3.91. The van der Waals surface area contributed by atoms with Crippen LogP contribution < -0.4 is 5.32 Å². The van der Waals surface area contributed by atoms with Crippen molar-refractivity contribution in [3.8, 4) is 0 Å². The minimum absolute atomic E-state index is 0.228. The van der Waals surface area contributed by atoms with Crippen molar-refractivity contribution in [2.24, 2.45) is 0 Å². The van der Waals surface area contributed by atoms with Crippen molar-refractivity contribution in [3.63, 3.8) is 0 Å². The normalized spacial score (nSPS) is 24.4. The van der Waals surface area contributed by atoms with Crippen LogP contribution in [-0.2, 0) is 14.3 Å². The number of amides is 1. The maximum absolute atomic E-state index is 11.6. The largest absolute Gasteiger partial charge is 0.496 e. The lowest BCUT2D eigenvalue weighted by atomic mass is 10.0. The lowest BCUT2D eigenvalue weighted by Crippen LogP contribution is -2.50. The van der Waals surface area contributed by atoms with Crippen molar-refractivity contribution in [3.05, 3.63) is 47.7 Å². The molecular formula is C13H14BrNO3. The highest BCUT2D eigenvalue weighted by Gasteiger charge is 2.48. The van der Waals surface area contributed by atoms with E-state index in [9.17, 15) is 4.79 Å². The molecule has 4 nitrogen and oxygen atoms in total. The molecule has 0 aromatic heterocycles. The maximum Gasteiger partial charge on any atom is 0.250 e. The Morgan fingerprint density at radius 1 is 1.28 bits per heavy atom. The van der Waals surface area contributed by atoms with E-state index in [1.807, 2.05) is 30.3 Å². The highest BCUT2D eigenvalue weighted by Crippen LogP contribution is 2.41. The molecule has 96 valence electrons. The SMILES string of the molecule is COC1=CC(=O)N[C@@]1(OC)C(Br)c1ccccc1. The number of ether oxygens (including phenoxy) is 2. The standard InChI is InChI=1S/C13H14BrNO3/c1-17-10-8-11(16)15-13(10,18-2)12(14)9-6-4-3-5-7-9/h3-8,12H,1-2H3,(H,15,16)/t12?,13-/m0/s1. The van der Waals surface area contributed by atoms with Gasteiger partial charge >= 0.3 is 0 Å². The van der Waals surface area contributed by atoms with Gasteiger partial charge in [0.15, 0.2) is 5.76 Å². The first-order chi connectivity index (χ1) is 8.64. The van der Waals surface area contributed by atoms with Crippen LogP contribution in [0.3, 0.4) is 0 Å². The van der Waals surface area contributed by atoms with E-state index >= 15 is 0 Å². The predicted molar refractivity (Wildman–Crippen MR) is 71.1 cm³/mol. The highest BCUT2D eigenvalue weighted by molar-refractivity contribution is 9.09. The molecule has 0 aliphatic carbocycles. The van der Waals surface area contributed by atoms with Gasteiger partial charge in [0.05, 0.1) is 11.9 Å². The fourth-order valence-electron chi connectivity index (χ4n) is 2.02. The molecule has 2 rings (SSSR count). The maximum atomic E-state index is 11.6. The highest BCUT2D eigenvalue weighted by atomic mass is 79.9. The quantitative estimate of drug-likeness (QED) is 0.867. The summed E-state index contributed by atoms with van der Waals surface area (Å²) in [5.41, 5.74) is -0.0165. The molecule has 0 bridgehead atoms. The van der Waals surface area contributed by atoms with E-state index in [2.05, 4.69) is 21.2 Å². The van der Waals surface area contributed by atoms with Gasteiger partial charge in [-0.3, -0.25) is 4.79 Å². The summed E-state index contributed by atoms with van der Waals surface area (Å²) in [4.78, 5) is 11.3. The van der Waals surface area contributed by atoms with E-state index in [1.165, 1.54) is 20.3 Å². The molecule has 2 atom stereocenters. The van der Waals surface area contributed by atoms with E-state index in [0.717, 1.165) is 5.56 Å². The van der Waals surface area contributed by atoms with Gasteiger partial charge in [0.25, 0.3) is 0 Å². The molecule has 1 heterocycles. The Morgan fingerprint density at radius 3 is 2.50 bits per heavy atom. The number of rotatable bonds is 4. The number of nitrogens with one attached hydrogen (secondary N) is 1.